The van der Waals surface area contributed by atoms with Gasteiger partial charge in [-0.25, -0.2) is 8.42 Å². The van der Waals surface area contributed by atoms with E-state index in [2.05, 4.69) is 5.32 Å². The highest BCUT2D eigenvalue weighted by molar-refractivity contribution is 7.89. The average molecular weight is 353 g/mol. The average Bonchev–Trinajstić information content (AvgIpc) is 3.41. The van der Waals surface area contributed by atoms with Crippen LogP contribution in [0.5, 0.6) is 0 Å². The highest BCUT2D eigenvalue weighted by Crippen LogP contribution is 2.39. The molecule has 1 atom stereocenters. The predicted octanol–water partition coefficient (Wildman–Crippen LogP) is 1.57. The Balaban J connectivity index is 2.15. The molecular formula is C17H27N3O3S. The van der Waals surface area contributed by atoms with Crippen molar-refractivity contribution in [2.24, 2.45) is 11.7 Å². The molecule has 1 unspecified atom stereocenters. The lowest BCUT2D eigenvalue weighted by molar-refractivity contribution is 0.0897. The van der Waals surface area contributed by atoms with Crippen molar-refractivity contribution in [1.29, 1.82) is 0 Å². The molecule has 6 nitrogen and oxygen atoms in total. The van der Waals surface area contributed by atoms with E-state index in [-0.39, 0.29) is 10.8 Å². The van der Waals surface area contributed by atoms with Crippen molar-refractivity contribution in [3.8, 4) is 0 Å². The number of hydrogen-bond acceptors (Lipinski definition) is 4. The summed E-state index contributed by atoms with van der Waals surface area (Å²) in [5.74, 6) is 0.204. The molecule has 1 aromatic carbocycles. The third kappa shape index (κ3) is 3.79. The Morgan fingerprint density at radius 3 is 2.21 bits per heavy atom. The van der Waals surface area contributed by atoms with Gasteiger partial charge in [-0.05, 0) is 49.9 Å². The van der Waals surface area contributed by atoms with Crippen molar-refractivity contribution in [2.45, 2.75) is 44.0 Å². The standard InChI is InChI=1S/C17H27N3O3S/c1-4-20(5-2)24(22,23)15-10-6-13(7-11-15)16(21)19-17(3,12-18)14-8-9-14/h6-7,10-11,14H,4-5,8-9,12,18H2,1-3H3,(H,19,21). The fourth-order valence-electron chi connectivity index (χ4n) is 2.86. The molecular weight excluding hydrogens is 326 g/mol. The van der Waals surface area contributed by atoms with Gasteiger partial charge < -0.3 is 11.1 Å². The van der Waals surface area contributed by atoms with Gasteiger partial charge in [0.2, 0.25) is 10.0 Å². The summed E-state index contributed by atoms with van der Waals surface area (Å²) in [6.07, 6.45) is 2.16. The van der Waals surface area contributed by atoms with E-state index in [1.165, 1.54) is 16.4 Å². The number of nitrogens with one attached hydrogen (secondary N) is 1. The number of amides is 1. The molecule has 24 heavy (non-hydrogen) atoms. The fourth-order valence-corrected chi connectivity index (χ4v) is 4.32. The smallest absolute Gasteiger partial charge is 0.251 e. The number of nitrogens with two attached hydrogens (primary N) is 1. The Labute approximate surface area is 144 Å². The molecule has 0 heterocycles. The molecule has 1 saturated carbocycles. The first-order valence-electron chi connectivity index (χ1n) is 8.41. The molecule has 1 amide bonds. The molecule has 0 aromatic heterocycles. The highest BCUT2D eigenvalue weighted by atomic mass is 32.2. The number of carbonyl (C=O) groups excluding carboxylic acids is 1. The minimum absolute atomic E-state index is 0.200. The third-order valence-electron chi connectivity index (χ3n) is 4.76. The number of sulfonamides is 1. The molecule has 3 N–H and O–H groups in total. The Morgan fingerprint density at radius 2 is 1.79 bits per heavy atom. The lowest BCUT2D eigenvalue weighted by Gasteiger charge is -2.29. The summed E-state index contributed by atoms with van der Waals surface area (Å²) in [6, 6.07) is 6.07. The van der Waals surface area contributed by atoms with Crippen molar-refractivity contribution in [3.05, 3.63) is 29.8 Å². The molecule has 1 aliphatic carbocycles. The monoisotopic (exact) mass is 353 g/mol. The van der Waals surface area contributed by atoms with E-state index in [0.717, 1.165) is 12.8 Å². The van der Waals surface area contributed by atoms with E-state index in [1.54, 1.807) is 26.0 Å². The summed E-state index contributed by atoms with van der Waals surface area (Å²) in [7, 11) is -3.51. The van der Waals surface area contributed by atoms with Crippen LogP contribution in [0, 0.1) is 5.92 Å². The van der Waals surface area contributed by atoms with Crippen LogP contribution in [0.2, 0.25) is 0 Å². The van der Waals surface area contributed by atoms with Crippen LogP contribution in [-0.2, 0) is 10.0 Å². The first-order chi connectivity index (χ1) is 11.3. The van der Waals surface area contributed by atoms with Gasteiger partial charge in [0.15, 0.2) is 0 Å². The highest BCUT2D eigenvalue weighted by Gasteiger charge is 2.41. The van der Waals surface area contributed by atoms with Crippen LogP contribution in [0.4, 0.5) is 0 Å². The van der Waals surface area contributed by atoms with Crippen LogP contribution in [0.3, 0.4) is 0 Å². The van der Waals surface area contributed by atoms with Gasteiger partial charge in [-0.15, -0.1) is 0 Å². The van der Waals surface area contributed by atoms with Crippen LogP contribution in [0.25, 0.3) is 0 Å². The summed E-state index contributed by atoms with van der Waals surface area (Å²) in [5, 5.41) is 3.00. The van der Waals surface area contributed by atoms with Gasteiger partial charge >= 0.3 is 0 Å². The van der Waals surface area contributed by atoms with E-state index >= 15 is 0 Å². The summed E-state index contributed by atoms with van der Waals surface area (Å²) in [4.78, 5) is 12.6. The summed E-state index contributed by atoms with van der Waals surface area (Å²) >= 11 is 0. The molecule has 134 valence electrons. The molecule has 0 aliphatic heterocycles. The second-order valence-electron chi connectivity index (χ2n) is 6.46. The van der Waals surface area contributed by atoms with Gasteiger partial charge in [-0.1, -0.05) is 13.8 Å². The molecule has 2 rings (SSSR count). The minimum atomic E-state index is -3.51. The zero-order valence-electron chi connectivity index (χ0n) is 14.6. The molecule has 1 aromatic rings. The number of rotatable bonds is 8. The topological polar surface area (TPSA) is 92.5 Å². The predicted molar refractivity (Wildman–Crippen MR) is 94.2 cm³/mol. The van der Waals surface area contributed by atoms with Crippen LogP contribution >= 0.6 is 0 Å². The molecule has 0 bridgehead atoms. The quantitative estimate of drug-likeness (QED) is 0.742. The Morgan fingerprint density at radius 1 is 1.25 bits per heavy atom. The van der Waals surface area contributed by atoms with Crippen molar-refractivity contribution in [2.75, 3.05) is 19.6 Å². The molecule has 1 fully saturated rings. The third-order valence-corrected chi connectivity index (χ3v) is 6.83. The van der Waals surface area contributed by atoms with Crippen molar-refractivity contribution in [3.63, 3.8) is 0 Å². The minimum Gasteiger partial charge on any atom is -0.345 e. The largest absolute Gasteiger partial charge is 0.345 e. The van der Waals surface area contributed by atoms with Crippen molar-refractivity contribution in [1.82, 2.24) is 9.62 Å². The van der Waals surface area contributed by atoms with Crippen LogP contribution in [0.1, 0.15) is 44.0 Å². The molecule has 0 radical (unpaired) electrons. The van der Waals surface area contributed by atoms with Crippen LogP contribution < -0.4 is 11.1 Å². The van der Waals surface area contributed by atoms with Gasteiger partial charge in [0.05, 0.1) is 10.4 Å². The van der Waals surface area contributed by atoms with E-state index in [1.807, 2.05) is 6.92 Å². The van der Waals surface area contributed by atoms with E-state index in [0.29, 0.717) is 31.1 Å². The summed E-state index contributed by atoms with van der Waals surface area (Å²) < 4.78 is 26.3. The van der Waals surface area contributed by atoms with Gasteiger partial charge in [-0.3, -0.25) is 4.79 Å². The maximum atomic E-state index is 12.5. The first kappa shape index (κ1) is 18.9. The lowest BCUT2D eigenvalue weighted by atomic mass is 9.95. The Hall–Kier alpha value is -1.44. The van der Waals surface area contributed by atoms with Gasteiger partial charge in [0, 0.05) is 25.2 Å². The van der Waals surface area contributed by atoms with Crippen LogP contribution in [0.15, 0.2) is 29.2 Å². The van der Waals surface area contributed by atoms with E-state index in [4.69, 9.17) is 5.73 Å². The van der Waals surface area contributed by atoms with E-state index < -0.39 is 15.6 Å². The second kappa shape index (κ2) is 7.21. The van der Waals surface area contributed by atoms with Gasteiger partial charge in [0.1, 0.15) is 0 Å². The summed E-state index contributed by atoms with van der Waals surface area (Å²) in [5.41, 5.74) is 5.86. The number of benzene rings is 1. The number of nitrogens with zero attached hydrogens (tertiary/aromatic N) is 1. The van der Waals surface area contributed by atoms with Gasteiger partial charge in [0.25, 0.3) is 5.91 Å². The van der Waals surface area contributed by atoms with Crippen LogP contribution in [-0.4, -0.2) is 43.8 Å². The SMILES string of the molecule is CCN(CC)S(=O)(=O)c1ccc(C(=O)NC(C)(CN)C2CC2)cc1. The maximum absolute atomic E-state index is 12.5. The normalized spacial score (nSPS) is 17.5. The molecule has 1 aliphatic rings. The zero-order chi connectivity index (χ0) is 18.0. The second-order valence-corrected chi connectivity index (χ2v) is 8.40. The van der Waals surface area contributed by atoms with Crippen molar-refractivity contribution < 1.29 is 13.2 Å². The molecule has 7 heteroatoms. The lowest BCUT2D eigenvalue weighted by Crippen LogP contribution is -2.53. The molecule has 0 spiro atoms. The Kier molecular flexibility index (Phi) is 5.67. The van der Waals surface area contributed by atoms with Gasteiger partial charge in [-0.2, -0.15) is 4.31 Å². The maximum Gasteiger partial charge on any atom is 0.251 e. The number of hydrogen-bond donors (Lipinski definition) is 2. The first-order valence-corrected chi connectivity index (χ1v) is 9.85. The zero-order valence-corrected chi connectivity index (χ0v) is 15.4. The van der Waals surface area contributed by atoms with E-state index in [9.17, 15) is 13.2 Å². The Bertz CT molecular complexity index is 680. The summed E-state index contributed by atoms with van der Waals surface area (Å²) in [6.45, 7) is 6.77. The fraction of sp³-hybridized carbons (Fsp3) is 0.588. The molecule has 0 saturated heterocycles. The van der Waals surface area contributed by atoms with Crippen molar-refractivity contribution >= 4 is 15.9 Å². The number of carbonyl (C=O) groups is 1.